The van der Waals surface area contributed by atoms with Crippen LogP contribution in [0.1, 0.15) is 19.4 Å². The molecule has 0 aromatic heterocycles. The topological polar surface area (TPSA) is 35.5 Å². The molecule has 94 valence electrons. The molecule has 0 saturated heterocycles. The van der Waals surface area contributed by atoms with Crippen LogP contribution < -0.4 is 4.74 Å². The van der Waals surface area contributed by atoms with Gasteiger partial charge in [-0.05, 0) is 23.6 Å². The zero-order valence-electron chi connectivity index (χ0n) is 10.7. The highest BCUT2D eigenvalue weighted by Gasteiger charge is 2.11. The van der Waals surface area contributed by atoms with E-state index in [0.717, 1.165) is 17.6 Å². The Balaban J connectivity index is 2.37. The molecule has 0 radical (unpaired) electrons. The van der Waals surface area contributed by atoms with E-state index in [1.54, 1.807) is 7.11 Å². The Morgan fingerprint density at radius 3 is 2.35 bits per heavy atom. The molecular formula is C14H20O3. The van der Waals surface area contributed by atoms with E-state index in [4.69, 9.17) is 9.47 Å². The molecular weight excluding hydrogens is 216 g/mol. The molecule has 3 nitrogen and oxygen atoms in total. The van der Waals surface area contributed by atoms with E-state index in [9.17, 15) is 4.79 Å². The summed E-state index contributed by atoms with van der Waals surface area (Å²) in [5, 5.41) is 0. The van der Waals surface area contributed by atoms with E-state index in [1.165, 1.54) is 0 Å². The van der Waals surface area contributed by atoms with Crippen LogP contribution in [-0.2, 0) is 16.1 Å². The van der Waals surface area contributed by atoms with Crippen LogP contribution in [0.15, 0.2) is 24.3 Å². The van der Waals surface area contributed by atoms with Gasteiger partial charge in [0.05, 0.1) is 20.3 Å². The Bertz CT molecular complexity index is 330. The van der Waals surface area contributed by atoms with Crippen LogP contribution >= 0.6 is 0 Å². The van der Waals surface area contributed by atoms with Gasteiger partial charge in [-0.2, -0.15) is 0 Å². The second kappa shape index (κ2) is 7.07. The van der Waals surface area contributed by atoms with Crippen LogP contribution in [0.25, 0.3) is 0 Å². The summed E-state index contributed by atoms with van der Waals surface area (Å²) in [6, 6.07) is 7.73. The highest BCUT2D eigenvalue weighted by atomic mass is 16.5. The molecule has 3 heteroatoms. The molecule has 0 bridgehead atoms. The van der Waals surface area contributed by atoms with Crippen LogP contribution in [-0.4, -0.2) is 20.0 Å². The van der Waals surface area contributed by atoms with Crippen molar-refractivity contribution < 1.29 is 14.3 Å². The van der Waals surface area contributed by atoms with Crippen molar-refractivity contribution in [1.82, 2.24) is 0 Å². The summed E-state index contributed by atoms with van der Waals surface area (Å²) in [6.45, 7) is 5.06. The van der Waals surface area contributed by atoms with Gasteiger partial charge in [0.25, 0.3) is 0 Å². The van der Waals surface area contributed by atoms with E-state index in [-0.39, 0.29) is 5.92 Å². The number of hydrogen-bond acceptors (Lipinski definition) is 3. The second-order valence-electron chi connectivity index (χ2n) is 4.41. The van der Waals surface area contributed by atoms with E-state index >= 15 is 0 Å². The molecule has 0 aliphatic carbocycles. The van der Waals surface area contributed by atoms with Crippen molar-refractivity contribution in [2.45, 2.75) is 20.5 Å². The van der Waals surface area contributed by atoms with Crippen LogP contribution in [0.4, 0.5) is 0 Å². The Kier molecular flexibility index (Phi) is 5.70. The molecule has 0 aliphatic heterocycles. The highest BCUT2D eigenvalue weighted by molar-refractivity contribution is 5.53. The highest BCUT2D eigenvalue weighted by Crippen LogP contribution is 2.13. The molecule has 0 saturated carbocycles. The maximum atomic E-state index is 10.8. The van der Waals surface area contributed by atoms with Crippen LogP contribution in [0.2, 0.25) is 0 Å². The summed E-state index contributed by atoms with van der Waals surface area (Å²) in [6.07, 6.45) is 0.971. The summed E-state index contributed by atoms with van der Waals surface area (Å²) < 4.78 is 10.6. The van der Waals surface area contributed by atoms with E-state index in [2.05, 4.69) is 0 Å². The van der Waals surface area contributed by atoms with Gasteiger partial charge >= 0.3 is 0 Å². The predicted octanol–water partition coefficient (Wildman–Crippen LogP) is 2.68. The standard InChI is InChI=1S/C14H20O3/c1-11(2)13(8-15)10-17-9-12-4-6-14(16-3)7-5-12/h4-8,11,13H,9-10H2,1-3H3. The molecule has 1 aromatic carbocycles. The van der Waals surface area contributed by atoms with Crippen LogP contribution in [0, 0.1) is 11.8 Å². The Labute approximate surface area is 103 Å². The summed E-state index contributed by atoms with van der Waals surface area (Å²) >= 11 is 0. The smallest absolute Gasteiger partial charge is 0.125 e. The van der Waals surface area contributed by atoms with Gasteiger partial charge in [0.1, 0.15) is 12.0 Å². The molecule has 0 amide bonds. The lowest BCUT2D eigenvalue weighted by Gasteiger charge is -2.14. The molecule has 0 spiro atoms. The quantitative estimate of drug-likeness (QED) is 0.683. The van der Waals surface area contributed by atoms with Crippen molar-refractivity contribution in [2.24, 2.45) is 11.8 Å². The van der Waals surface area contributed by atoms with Crippen molar-refractivity contribution in [3.05, 3.63) is 29.8 Å². The van der Waals surface area contributed by atoms with Gasteiger partial charge in [-0.25, -0.2) is 0 Å². The Morgan fingerprint density at radius 2 is 1.88 bits per heavy atom. The molecule has 1 aromatic rings. The van der Waals surface area contributed by atoms with Gasteiger partial charge in [0.2, 0.25) is 0 Å². The Hall–Kier alpha value is -1.35. The summed E-state index contributed by atoms with van der Waals surface area (Å²) in [7, 11) is 1.64. The first kappa shape index (κ1) is 13.7. The van der Waals surface area contributed by atoms with Gasteiger partial charge in [-0.15, -0.1) is 0 Å². The first-order chi connectivity index (χ1) is 8.17. The molecule has 0 N–H and O–H groups in total. The molecule has 1 unspecified atom stereocenters. The third-order valence-corrected chi connectivity index (χ3v) is 2.77. The van der Waals surface area contributed by atoms with E-state index in [0.29, 0.717) is 19.1 Å². The molecule has 1 rings (SSSR count). The zero-order chi connectivity index (χ0) is 12.7. The van der Waals surface area contributed by atoms with Gasteiger partial charge in [-0.1, -0.05) is 26.0 Å². The fraction of sp³-hybridized carbons (Fsp3) is 0.500. The number of hydrogen-bond donors (Lipinski definition) is 0. The summed E-state index contributed by atoms with van der Waals surface area (Å²) in [5.41, 5.74) is 1.08. The first-order valence-corrected chi connectivity index (χ1v) is 5.83. The van der Waals surface area contributed by atoms with E-state index < -0.39 is 0 Å². The minimum atomic E-state index is -0.0201. The normalized spacial score (nSPS) is 12.5. The number of rotatable bonds is 7. The predicted molar refractivity (Wildman–Crippen MR) is 67.0 cm³/mol. The van der Waals surface area contributed by atoms with Crippen molar-refractivity contribution in [2.75, 3.05) is 13.7 Å². The lowest BCUT2D eigenvalue weighted by Crippen LogP contribution is -2.17. The van der Waals surface area contributed by atoms with Gasteiger partial charge in [0, 0.05) is 5.92 Å². The van der Waals surface area contributed by atoms with Crippen molar-refractivity contribution in [3.8, 4) is 5.75 Å². The number of carbonyl (C=O) groups excluding carboxylic acids is 1. The average molecular weight is 236 g/mol. The number of ether oxygens (including phenoxy) is 2. The number of benzene rings is 1. The summed E-state index contributed by atoms with van der Waals surface area (Å²) in [4.78, 5) is 10.8. The first-order valence-electron chi connectivity index (χ1n) is 5.83. The fourth-order valence-corrected chi connectivity index (χ4v) is 1.42. The van der Waals surface area contributed by atoms with Crippen molar-refractivity contribution in [3.63, 3.8) is 0 Å². The lowest BCUT2D eigenvalue weighted by molar-refractivity contribution is -0.114. The number of carbonyl (C=O) groups is 1. The van der Waals surface area contributed by atoms with E-state index in [1.807, 2.05) is 38.1 Å². The van der Waals surface area contributed by atoms with Crippen LogP contribution in [0.5, 0.6) is 5.75 Å². The third kappa shape index (κ3) is 4.57. The monoisotopic (exact) mass is 236 g/mol. The molecule has 0 heterocycles. The molecule has 0 aliphatic rings. The lowest BCUT2D eigenvalue weighted by atomic mass is 9.99. The van der Waals surface area contributed by atoms with Gasteiger partial charge in [0.15, 0.2) is 0 Å². The fourth-order valence-electron chi connectivity index (χ4n) is 1.42. The number of methoxy groups -OCH3 is 1. The number of aldehydes is 1. The second-order valence-corrected chi connectivity index (χ2v) is 4.41. The van der Waals surface area contributed by atoms with Gasteiger partial charge in [-0.3, -0.25) is 0 Å². The zero-order valence-corrected chi connectivity index (χ0v) is 10.7. The molecule has 1 atom stereocenters. The largest absolute Gasteiger partial charge is 0.497 e. The minimum Gasteiger partial charge on any atom is -0.497 e. The molecule has 0 fully saturated rings. The summed E-state index contributed by atoms with van der Waals surface area (Å²) in [5.74, 6) is 1.14. The minimum absolute atomic E-state index is 0.0201. The maximum absolute atomic E-state index is 10.8. The van der Waals surface area contributed by atoms with Crippen molar-refractivity contribution >= 4 is 6.29 Å². The maximum Gasteiger partial charge on any atom is 0.125 e. The van der Waals surface area contributed by atoms with Crippen LogP contribution in [0.3, 0.4) is 0 Å². The average Bonchev–Trinajstić information content (AvgIpc) is 2.35. The van der Waals surface area contributed by atoms with Crippen molar-refractivity contribution in [1.29, 1.82) is 0 Å². The third-order valence-electron chi connectivity index (χ3n) is 2.77. The SMILES string of the molecule is COc1ccc(COCC(C=O)C(C)C)cc1. The van der Waals surface area contributed by atoms with Gasteiger partial charge < -0.3 is 14.3 Å². The molecule has 17 heavy (non-hydrogen) atoms. The Morgan fingerprint density at radius 1 is 1.24 bits per heavy atom.